The number of hydrogen-bond acceptors (Lipinski definition) is 6. The highest BCUT2D eigenvalue weighted by atomic mass is 16.5. The molecule has 148 valence electrons. The Labute approximate surface area is 171 Å². The minimum Gasteiger partial charge on any atom is -0.465 e. The molecule has 1 N–H and O–H groups in total. The highest BCUT2D eigenvalue weighted by Gasteiger charge is 2.25. The molecular formula is C22H16N4O4. The number of amides is 1. The number of fused-ring (bicyclic) bond motifs is 1. The number of carbonyl (C=O) groups is 2. The highest BCUT2D eigenvalue weighted by molar-refractivity contribution is 6.06. The lowest BCUT2D eigenvalue weighted by Gasteiger charge is -2.03. The lowest BCUT2D eigenvalue weighted by atomic mass is 10.1. The largest absolute Gasteiger partial charge is 0.465 e. The first-order valence-corrected chi connectivity index (χ1v) is 8.99. The number of esters is 1. The smallest absolute Gasteiger partial charge is 0.342 e. The van der Waals surface area contributed by atoms with Crippen LogP contribution in [0.2, 0.25) is 0 Å². The summed E-state index contributed by atoms with van der Waals surface area (Å²) in [5.41, 5.74) is 2.57. The molecule has 30 heavy (non-hydrogen) atoms. The maximum atomic E-state index is 12.7. The molecule has 0 fully saturated rings. The zero-order chi connectivity index (χ0) is 21.3. The monoisotopic (exact) mass is 400 g/mol. The van der Waals surface area contributed by atoms with E-state index in [0.29, 0.717) is 11.2 Å². The first-order valence-electron chi connectivity index (χ1n) is 8.99. The Morgan fingerprint density at radius 1 is 1.23 bits per heavy atom. The summed E-state index contributed by atoms with van der Waals surface area (Å²) >= 11 is 0. The molecule has 0 bridgehead atoms. The second-order valence-electron chi connectivity index (χ2n) is 6.47. The van der Waals surface area contributed by atoms with Crippen LogP contribution in [0.15, 0.2) is 59.3 Å². The summed E-state index contributed by atoms with van der Waals surface area (Å²) in [6.07, 6.45) is 3.60. The molecule has 8 heteroatoms. The summed E-state index contributed by atoms with van der Waals surface area (Å²) in [5.74, 6) is -1.12. The molecule has 0 aliphatic heterocycles. The molecule has 1 amide bonds. The zero-order valence-electron chi connectivity index (χ0n) is 16.2. The SMILES string of the molecule is COC(=O)c1c(C)oc(NC(=O)c2ccn3cc(-c4ccccc4)nc3c2)c1C#N. The average molecular weight is 400 g/mol. The molecule has 3 heterocycles. The third-order valence-electron chi connectivity index (χ3n) is 4.60. The van der Waals surface area contributed by atoms with Gasteiger partial charge in [0, 0.05) is 23.5 Å². The molecule has 4 rings (SSSR count). The molecule has 8 nitrogen and oxygen atoms in total. The number of imidazole rings is 1. The van der Waals surface area contributed by atoms with Crippen LogP contribution < -0.4 is 5.32 Å². The van der Waals surface area contributed by atoms with Crippen LogP contribution >= 0.6 is 0 Å². The number of nitrogens with one attached hydrogen (secondary N) is 1. The molecule has 0 spiro atoms. The van der Waals surface area contributed by atoms with E-state index in [0.717, 1.165) is 11.3 Å². The maximum Gasteiger partial charge on any atom is 0.342 e. The van der Waals surface area contributed by atoms with Gasteiger partial charge in [-0.3, -0.25) is 10.1 Å². The van der Waals surface area contributed by atoms with Crippen LogP contribution in [0.3, 0.4) is 0 Å². The average Bonchev–Trinajstić information content (AvgIpc) is 3.33. The van der Waals surface area contributed by atoms with Crippen molar-refractivity contribution >= 4 is 23.4 Å². The van der Waals surface area contributed by atoms with Crippen molar-refractivity contribution in [1.29, 1.82) is 5.26 Å². The number of aromatic nitrogens is 2. The van der Waals surface area contributed by atoms with Crippen LogP contribution in [0.1, 0.15) is 32.0 Å². The second kappa shape index (κ2) is 7.56. The number of benzene rings is 1. The van der Waals surface area contributed by atoms with Crippen molar-refractivity contribution in [3.8, 4) is 17.3 Å². The fourth-order valence-electron chi connectivity index (χ4n) is 3.13. The van der Waals surface area contributed by atoms with Gasteiger partial charge >= 0.3 is 5.97 Å². The molecule has 1 aromatic carbocycles. The maximum absolute atomic E-state index is 12.7. The van der Waals surface area contributed by atoms with Gasteiger partial charge in [-0.1, -0.05) is 30.3 Å². The molecule has 0 aliphatic carbocycles. The standard InChI is InChI=1S/C22H16N4O4/c1-13-19(22(28)29-2)16(11-23)21(30-13)25-20(27)15-8-9-26-12-17(24-18(26)10-15)14-6-4-3-5-7-14/h3-10,12H,1-2H3,(H,25,27). The van der Waals surface area contributed by atoms with Crippen LogP contribution in [0.5, 0.6) is 0 Å². The quantitative estimate of drug-likeness (QED) is 0.522. The number of rotatable bonds is 4. The number of carbonyl (C=O) groups excluding carboxylic acids is 2. The van der Waals surface area contributed by atoms with Crippen molar-refractivity contribution in [3.63, 3.8) is 0 Å². The number of methoxy groups -OCH3 is 1. The fourth-order valence-corrected chi connectivity index (χ4v) is 3.13. The molecule has 0 aliphatic rings. The molecule has 4 aromatic rings. The Hall–Kier alpha value is -4.38. The van der Waals surface area contributed by atoms with Crippen molar-refractivity contribution in [1.82, 2.24) is 9.38 Å². The van der Waals surface area contributed by atoms with Crippen molar-refractivity contribution in [2.45, 2.75) is 6.92 Å². The lowest BCUT2D eigenvalue weighted by molar-refractivity contribution is 0.0598. The van der Waals surface area contributed by atoms with E-state index < -0.39 is 11.9 Å². The van der Waals surface area contributed by atoms with E-state index in [1.807, 2.05) is 47.0 Å². The van der Waals surface area contributed by atoms with E-state index in [-0.39, 0.29) is 22.8 Å². The lowest BCUT2D eigenvalue weighted by Crippen LogP contribution is -2.13. The van der Waals surface area contributed by atoms with Crippen LogP contribution in [0.25, 0.3) is 16.9 Å². The van der Waals surface area contributed by atoms with E-state index in [1.165, 1.54) is 14.0 Å². The Kier molecular flexibility index (Phi) is 4.78. The van der Waals surface area contributed by atoms with Gasteiger partial charge in [-0.05, 0) is 19.1 Å². The number of aryl methyl sites for hydroxylation is 1. The van der Waals surface area contributed by atoms with Crippen molar-refractivity contribution in [2.75, 3.05) is 12.4 Å². The van der Waals surface area contributed by atoms with Crippen LogP contribution in [-0.2, 0) is 4.74 Å². The Balaban J connectivity index is 1.64. The van der Waals surface area contributed by atoms with E-state index in [9.17, 15) is 14.9 Å². The fraction of sp³-hybridized carbons (Fsp3) is 0.0909. The molecule has 0 radical (unpaired) electrons. The van der Waals surface area contributed by atoms with E-state index >= 15 is 0 Å². The number of ether oxygens (including phenoxy) is 1. The van der Waals surface area contributed by atoms with Gasteiger partial charge in [-0.25, -0.2) is 9.78 Å². The molecular weight excluding hydrogens is 384 g/mol. The molecule has 3 aromatic heterocycles. The predicted octanol–water partition coefficient (Wildman–Crippen LogP) is 3.81. The van der Waals surface area contributed by atoms with Crippen LogP contribution in [0.4, 0.5) is 5.88 Å². The zero-order valence-corrected chi connectivity index (χ0v) is 16.2. The minimum absolute atomic E-state index is 0.00786. The number of anilines is 1. The first-order chi connectivity index (χ1) is 14.5. The number of nitrogens with zero attached hydrogens (tertiary/aromatic N) is 3. The first kappa shape index (κ1) is 19.0. The van der Waals surface area contributed by atoms with Gasteiger partial charge < -0.3 is 13.6 Å². The Bertz CT molecular complexity index is 1310. The van der Waals surface area contributed by atoms with E-state index in [2.05, 4.69) is 15.0 Å². The third-order valence-corrected chi connectivity index (χ3v) is 4.60. The van der Waals surface area contributed by atoms with Crippen molar-refractivity contribution in [2.24, 2.45) is 0 Å². The normalized spacial score (nSPS) is 10.6. The summed E-state index contributed by atoms with van der Waals surface area (Å²) in [7, 11) is 1.21. The molecule has 0 saturated carbocycles. The number of pyridine rings is 1. The highest BCUT2D eigenvalue weighted by Crippen LogP contribution is 2.27. The summed E-state index contributed by atoms with van der Waals surface area (Å²) in [6.45, 7) is 1.52. The summed E-state index contributed by atoms with van der Waals surface area (Å²) in [4.78, 5) is 29.2. The van der Waals surface area contributed by atoms with Gasteiger partial charge in [-0.2, -0.15) is 5.26 Å². The van der Waals surface area contributed by atoms with Gasteiger partial charge in [-0.15, -0.1) is 0 Å². The van der Waals surface area contributed by atoms with E-state index in [4.69, 9.17) is 4.42 Å². The topological polar surface area (TPSA) is 110 Å². The van der Waals surface area contributed by atoms with Gasteiger partial charge in [0.05, 0.1) is 12.8 Å². The predicted molar refractivity (Wildman–Crippen MR) is 108 cm³/mol. The van der Waals surface area contributed by atoms with Crippen LogP contribution in [-0.4, -0.2) is 28.4 Å². The summed E-state index contributed by atoms with van der Waals surface area (Å²) < 4.78 is 11.9. The summed E-state index contributed by atoms with van der Waals surface area (Å²) in [5, 5.41) is 12.0. The molecule has 0 atom stereocenters. The minimum atomic E-state index is -0.708. The third kappa shape index (κ3) is 3.29. The number of nitriles is 1. The van der Waals surface area contributed by atoms with Gasteiger partial charge in [0.1, 0.15) is 28.6 Å². The molecule has 0 unspecified atom stereocenters. The molecule has 0 saturated heterocycles. The van der Waals surface area contributed by atoms with Crippen LogP contribution in [0, 0.1) is 18.3 Å². The number of furan rings is 1. The summed E-state index contributed by atoms with van der Waals surface area (Å²) in [6, 6.07) is 14.8. The van der Waals surface area contributed by atoms with Gasteiger partial charge in [0.25, 0.3) is 5.91 Å². The van der Waals surface area contributed by atoms with Crippen molar-refractivity contribution < 1.29 is 18.7 Å². The Morgan fingerprint density at radius 3 is 2.70 bits per heavy atom. The van der Waals surface area contributed by atoms with Crippen molar-refractivity contribution in [3.05, 3.63) is 77.3 Å². The second-order valence-corrected chi connectivity index (χ2v) is 6.47. The Morgan fingerprint density at radius 2 is 2.00 bits per heavy atom. The number of hydrogen-bond donors (Lipinski definition) is 1. The van der Waals surface area contributed by atoms with Gasteiger partial charge in [0.2, 0.25) is 5.88 Å². The van der Waals surface area contributed by atoms with E-state index in [1.54, 1.807) is 18.3 Å². The van der Waals surface area contributed by atoms with Gasteiger partial charge in [0.15, 0.2) is 0 Å².